The largest absolute Gasteiger partial charge is 0.322 e. The van der Waals surface area contributed by atoms with Gasteiger partial charge in [-0.05, 0) is 6.92 Å². The molecule has 2 nitrogen and oxygen atoms in total. The van der Waals surface area contributed by atoms with Crippen LogP contribution in [0.2, 0.25) is 0 Å². The third kappa shape index (κ3) is 2.30. The Morgan fingerprint density at radius 3 is 2.67 bits per heavy atom. The first-order valence-corrected chi connectivity index (χ1v) is 3.33. The predicted molar refractivity (Wildman–Crippen MR) is 42.0 cm³/mol. The normalized spacial score (nSPS) is 12.2. The summed E-state index contributed by atoms with van der Waals surface area (Å²) in [7, 11) is 0. The molecule has 1 atom stereocenters. The first-order chi connectivity index (χ1) is 3.80. The van der Waals surface area contributed by atoms with Crippen molar-refractivity contribution in [3.8, 4) is 0 Å². The summed E-state index contributed by atoms with van der Waals surface area (Å²) >= 11 is 1.59. The molecule has 0 fully saturated rings. The van der Waals surface area contributed by atoms with Gasteiger partial charge in [0.15, 0.2) is 0 Å². The smallest absolute Gasteiger partial charge is 0.109 e. The fourth-order valence-corrected chi connectivity index (χ4v) is 1.06. The molecule has 52 valence electrons. The average Bonchev–Trinajstić information content (AvgIpc) is 2.12. The van der Waals surface area contributed by atoms with Gasteiger partial charge < -0.3 is 5.73 Å². The van der Waals surface area contributed by atoms with Crippen molar-refractivity contribution in [1.29, 1.82) is 0 Å². The molecule has 0 amide bonds. The molecule has 0 spiro atoms. The molecule has 0 saturated heterocycles. The number of halogens is 1. The third-order valence-corrected chi connectivity index (χ3v) is 1.82. The molecule has 0 aliphatic heterocycles. The van der Waals surface area contributed by atoms with E-state index in [1.165, 1.54) is 0 Å². The van der Waals surface area contributed by atoms with Crippen LogP contribution in [0.3, 0.4) is 0 Å². The lowest BCUT2D eigenvalue weighted by Crippen LogP contribution is -2.03. The molecule has 0 aliphatic carbocycles. The summed E-state index contributed by atoms with van der Waals surface area (Å²) in [6.07, 6.45) is 1.77. The van der Waals surface area contributed by atoms with Gasteiger partial charge in [-0.1, -0.05) is 0 Å². The fraction of sp³-hybridized carbons (Fsp3) is 0.400. The number of rotatable bonds is 1. The van der Waals surface area contributed by atoms with Crippen LogP contribution in [0.5, 0.6) is 0 Å². The van der Waals surface area contributed by atoms with Gasteiger partial charge in [0.2, 0.25) is 0 Å². The van der Waals surface area contributed by atoms with E-state index in [0.717, 1.165) is 5.01 Å². The van der Waals surface area contributed by atoms with E-state index in [9.17, 15) is 0 Å². The van der Waals surface area contributed by atoms with Crippen LogP contribution in [-0.4, -0.2) is 4.98 Å². The van der Waals surface area contributed by atoms with Gasteiger partial charge in [0.1, 0.15) is 5.01 Å². The van der Waals surface area contributed by atoms with Gasteiger partial charge in [-0.3, -0.25) is 0 Å². The van der Waals surface area contributed by atoms with Crippen LogP contribution in [0, 0.1) is 0 Å². The van der Waals surface area contributed by atoms with Crippen molar-refractivity contribution < 1.29 is 0 Å². The van der Waals surface area contributed by atoms with Gasteiger partial charge in [-0.2, -0.15) is 0 Å². The zero-order valence-electron chi connectivity index (χ0n) is 5.07. The van der Waals surface area contributed by atoms with Crippen molar-refractivity contribution in [1.82, 2.24) is 4.98 Å². The molecule has 1 unspecified atom stereocenters. The van der Waals surface area contributed by atoms with Crippen molar-refractivity contribution >= 4 is 23.7 Å². The first-order valence-electron chi connectivity index (χ1n) is 2.45. The van der Waals surface area contributed by atoms with Crippen LogP contribution in [0.15, 0.2) is 11.6 Å². The van der Waals surface area contributed by atoms with Crippen LogP contribution in [0.25, 0.3) is 0 Å². The molecule has 0 saturated carbocycles. The molecule has 0 bridgehead atoms. The lowest BCUT2D eigenvalue weighted by Gasteiger charge is -1.94. The van der Waals surface area contributed by atoms with Crippen LogP contribution >= 0.6 is 23.7 Å². The number of nitrogens with two attached hydrogens (primary N) is 1. The van der Waals surface area contributed by atoms with E-state index in [1.54, 1.807) is 17.5 Å². The molecule has 1 rings (SSSR count). The van der Waals surface area contributed by atoms with E-state index in [0.29, 0.717) is 0 Å². The lowest BCUT2D eigenvalue weighted by molar-refractivity contribution is 0.807. The maximum atomic E-state index is 5.51. The second-order valence-electron chi connectivity index (χ2n) is 1.66. The first kappa shape index (κ1) is 8.88. The van der Waals surface area contributed by atoms with Gasteiger partial charge in [0.25, 0.3) is 0 Å². The summed E-state index contributed by atoms with van der Waals surface area (Å²) in [4.78, 5) is 4.01. The lowest BCUT2D eigenvalue weighted by atomic mass is 10.4. The highest BCUT2D eigenvalue weighted by atomic mass is 35.5. The van der Waals surface area contributed by atoms with E-state index in [1.807, 2.05) is 12.3 Å². The Labute approximate surface area is 64.5 Å². The molecule has 1 aromatic heterocycles. The van der Waals surface area contributed by atoms with Gasteiger partial charge in [0, 0.05) is 11.6 Å². The van der Waals surface area contributed by atoms with E-state index in [-0.39, 0.29) is 18.4 Å². The SMILES string of the molecule is CC(N)c1nccs1.Cl. The summed E-state index contributed by atoms with van der Waals surface area (Å²) in [5.74, 6) is 0. The number of hydrogen-bond donors (Lipinski definition) is 1. The van der Waals surface area contributed by atoms with Crippen molar-refractivity contribution in [3.05, 3.63) is 16.6 Å². The Morgan fingerprint density at radius 2 is 2.44 bits per heavy atom. The predicted octanol–water partition coefficient (Wildman–Crippen LogP) is 1.58. The number of aromatic nitrogens is 1. The molecule has 4 heteroatoms. The molecule has 9 heavy (non-hydrogen) atoms. The van der Waals surface area contributed by atoms with E-state index in [4.69, 9.17) is 5.73 Å². The molecule has 1 heterocycles. The topological polar surface area (TPSA) is 38.9 Å². The Bertz CT molecular complexity index is 150. The molecular formula is C5H9ClN2S. The van der Waals surface area contributed by atoms with E-state index in [2.05, 4.69) is 4.98 Å². The van der Waals surface area contributed by atoms with Crippen molar-refractivity contribution in [2.75, 3.05) is 0 Å². The highest BCUT2D eigenvalue weighted by molar-refractivity contribution is 7.09. The summed E-state index contributed by atoms with van der Waals surface area (Å²) in [6, 6.07) is 0.0926. The minimum absolute atomic E-state index is 0. The molecule has 2 N–H and O–H groups in total. The molecular weight excluding hydrogens is 156 g/mol. The third-order valence-electron chi connectivity index (χ3n) is 0.841. The number of thiazole rings is 1. The molecule has 0 aromatic carbocycles. The number of nitrogens with zero attached hydrogens (tertiary/aromatic N) is 1. The Kier molecular flexibility index (Phi) is 3.77. The quantitative estimate of drug-likeness (QED) is 0.685. The van der Waals surface area contributed by atoms with Crippen molar-refractivity contribution in [2.24, 2.45) is 5.73 Å². The van der Waals surface area contributed by atoms with E-state index < -0.39 is 0 Å². The van der Waals surface area contributed by atoms with Crippen LogP contribution in [0.4, 0.5) is 0 Å². The van der Waals surface area contributed by atoms with Crippen LogP contribution in [0.1, 0.15) is 18.0 Å². The minimum Gasteiger partial charge on any atom is -0.322 e. The monoisotopic (exact) mass is 164 g/mol. The Hall–Kier alpha value is -0.120. The van der Waals surface area contributed by atoms with Crippen LogP contribution in [-0.2, 0) is 0 Å². The second-order valence-corrected chi connectivity index (χ2v) is 2.59. The van der Waals surface area contributed by atoms with Gasteiger partial charge >= 0.3 is 0 Å². The maximum Gasteiger partial charge on any atom is 0.109 e. The summed E-state index contributed by atoms with van der Waals surface area (Å²) < 4.78 is 0. The standard InChI is InChI=1S/C5H8N2S.ClH/c1-4(6)5-7-2-3-8-5;/h2-4H,6H2,1H3;1H. The zero-order chi connectivity index (χ0) is 5.98. The van der Waals surface area contributed by atoms with Gasteiger partial charge in [0.05, 0.1) is 6.04 Å². The van der Waals surface area contributed by atoms with Crippen molar-refractivity contribution in [3.63, 3.8) is 0 Å². The number of hydrogen-bond acceptors (Lipinski definition) is 3. The summed E-state index contributed by atoms with van der Waals surface area (Å²) in [5, 5.41) is 2.93. The molecule has 0 aliphatic rings. The highest BCUT2D eigenvalue weighted by Crippen LogP contribution is 2.10. The van der Waals surface area contributed by atoms with E-state index >= 15 is 0 Å². The molecule has 0 radical (unpaired) electrons. The van der Waals surface area contributed by atoms with Crippen LogP contribution < -0.4 is 5.73 Å². The summed E-state index contributed by atoms with van der Waals surface area (Å²) in [5.41, 5.74) is 5.51. The van der Waals surface area contributed by atoms with Gasteiger partial charge in [-0.25, -0.2) is 4.98 Å². The highest BCUT2D eigenvalue weighted by Gasteiger charge is 1.98. The fourth-order valence-electron chi connectivity index (χ4n) is 0.459. The molecule has 1 aromatic rings. The maximum absolute atomic E-state index is 5.51. The Balaban J connectivity index is 0.000000640. The minimum atomic E-state index is 0. The zero-order valence-corrected chi connectivity index (χ0v) is 6.71. The van der Waals surface area contributed by atoms with Gasteiger partial charge in [-0.15, -0.1) is 23.7 Å². The van der Waals surface area contributed by atoms with Crippen molar-refractivity contribution in [2.45, 2.75) is 13.0 Å². The second kappa shape index (κ2) is 3.82. The summed E-state index contributed by atoms with van der Waals surface area (Å²) in [6.45, 7) is 1.93. The Morgan fingerprint density at radius 1 is 1.78 bits per heavy atom. The average molecular weight is 165 g/mol.